The van der Waals surface area contributed by atoms with Gasteiger partial charge < -0.3 is 5.32 Å². The Morgan fingerprint density at radius 2 is 2.00 bits per heavy atom. The van der Waals surface area contributed by atoms with Gasteiger partial charge in [-0.3, -0.25) is 9.69 Å². The molecule has 0 atom stereocenters. The van der Waals surface area contributed by atoms with Crippen LogP contribution in [0.15, 0.2) is 5.38 Å². The molecule has 0 bridgehead atoms. The highest BCUT2D eigenvalue weighted by Crippen LogP contribution is 2.19. The zero-order chi connectivity index (χ0) is 15.6. The number of carbonyl (C=O) groups excluding carboxylic acids is 1. The summed E-state index contributed by atoms with van der Waals surface area (Å²) in [5.41, 5.74) is 1.09. The number of anilines is 1. The first-order valence-electron chi connectivity index (χ1n) is 8.74. The van der Waals surface area contributed by atoms with Crippen molar-refractivity contribution in [2.24, 2.45) is 0 Å². The summed E-state index contributed by atoms with van der Waals surface area (Å²) in [5.74, 6) is 0.107. The quantitative estimate of drug-likeness (QED) is 0.684. The highest BCUT2D eigenvalue weighted by Gasteiger charge is 2.13. The first-order valence-corrected chi connectivity index (χ1v) is 9.62. The number of hydrogen-bond donors (Lipinski definition) is 1. The van der Waals surface area contributed by atoms with Gasteiger partial charge in [0, 0.05) is 18.3 Å². The maximum atomic E-state index is 11.9. The smallest absolute Gasteiger partial charge is 0.226 e. The molecule has 0 aromatic carbocycles. The normalized spacial score (nSPS) is 15.9. The molecule has 1 saturated heterocycles. The Morgan fingerprint density at radius 3 is 2.77 bits per heavy atom. The summed E-state index contributed by atoms with van der Waals surface area (Å²) in [5, 5.41) is 5.77. The number of piperidine rings is 1. The molecule has 124 valence electrons. The van der Waals surface area contributed by atoms with Crippen LogP contribution in [0, 0.1) is 0 Å². The van der Waals surface area contributed by atoms with Crippen molar-refractivity contribution in [1.82, 2.24) is 9.88 Å². The number of aromatic nitrogens is 1. The van der Waals surface area contributed by atoms with E-state index in [0.717, 1.165) is 30.2 Å². The molecule has 1 fully saturated rings. The standard InChI is InChI=1S/C17H29N3OS/c1-2-3-4-5-7-10-16(21)19-17-18-15(14-22-17)13-20-11-8-6-9-12-20/h14H,2-13H2,1H3,(H,18,19,21). The fraction of sp³-hybridized carbons (Fsp3) is 0.765. The number of carbonyl (C=O) groups is 1. The minimum atomic E-state index is 0.107. The third-order valence-corrected chi connectivity index (χ3v) is 4.95. The van der Waals surface area contributed by atoms with E-state index in [0.29, 0.717) is 6.42 Å². The number of amides is 1. The van der Waals surface area contributed by atoms with E-state index in [1.165, 1.54) is 51.6 Å². The van der Waals surface area contributed by atoms with E-state index < -0.39 is 0 Å². The molecule has 5 heteroatoms. The van der Waals surface area contributed by atoms with Crippen LogP contribution in [0.25, 0.3) is 0 Å². The summed E-state index contributed by atoms with van der Waals surface area (Å²) < 4.78 is 0. The zero-order valence-corrected chi connectivity index (χ0v) is 14.6. The molecule has 2 rings (SSSR count). The van der Waals surface area contributed by atoms with Crippen molar-refractivity contribution in [3.8, 4) is 0 Å². The molecular weight excluding hydrogens is 294 g/mol. The largest absolute Gasteiger partial charge is 0.302 e. The van der Waals surface area contributed by atoms with Crippen LogP contribution < -0.4 is 5.32 Å². The molecule has 0 aliphatic carbocycles. The Bertz CT molecular complexity index is 441. The fourth-order valence-corrected chi connectivity index (χ4v) is 3.57. The lowest BCUT2D eigenvalue weighted by Crippen LogP contribution is -2.29. The SMILES string of the molecule is CCCCCCCC(=O)Nc1nc(CN2CCCCC2)cs1. The van der Waals surface area contributed by atoms with Gasteiger partial charge in [0.1, 0.15) is 0 Å². The van der Waals surface area contributed by atoms with Crippen molar-refractivity contribution in [3.63, 3.8) is 0 Å². The van der Waals surface area contributed by atoms with E-state index in [4.69, 9.17) is 0 Å². The van der Waals surface area contributed by atoms with Crippen LogP contribution in [0.5, 0.6) is 0 Å². The minimum absolute atomic E-state index is 0.107. The van der Waals surface area contributed by atoms with E-state index in [-0.39, 0.29) is 5.91 Å². The van der Waals surface area contributed by atoms with E-state index in [1.54, 1.807) is 11.3 Å². The van der Waals surface area contributed by atoms with Crippen LogP contribution >= 0.6 is 11.3 Å². The first-order chi connectivity index (χ1) is 10.8. The zero-order valence-electron chi connectivity index (χ0n) is 13.8. The summed E-state index contributed by atoms with van der Waals surface area (Å²) in [7, 11) is 0. The molecule has 4 nitrogen and oxygen atoms in total. The Balaban J connectivity index is 1.66. The summed E-state index contributed by atoms with van der Waals surface area (Å²) in [6.07, 6.45) is 10.5. The van der Waals surface area contributed by atoms with Gasteiger partial charge in [0.25, 0.3) is 0 Å². The van der Waals surface area contributed by atoms with Gasteiger partial charge in [-0.25, -0.2) is 4.98 Å². The van der Waals surface area contributed by atoms with Crippen LogP contribution in [0.3, 0.4) is 0 Å². The lowest BCUT2D eigenvalue weighted by atomic mass is 10.1. The van der Waals surface area contributed by atoms with Gasteiger partial charge in [-0.2, -0.15) is 0 Å². The number of nitrogens with one attached hydrogen (secondary N) is 1. The van der Waals surface area contributed by atoms with Crippen molar-refractivity contribution in [1.29, 1.82) is 0 Å². The van der Waals surface area contributed by atoms with Crippen LogP contribution in [-0.2, 0) is 11.3 Å². The van der Waals surface area contributed by atoms with Gasteiger partial charge in [-0.05, 0) is 32.4 Å². The second-order valence-electron chi connectivity index (χ2n) is 6.19. The van der Waals surface area contributed by atoms with Crippen LogP contribution in [-0.4, -0.2) is 28.9 Å². The number of rotatable bonds is 9. The molecule has 1 amide bonds. The minimum Gasteiger partial charge on any atom is -0.302 e. The number of thiazole rings is 1. The Labute approximate surface area is 138 Å². The molecule has 22 heavy (non-hydrogen) atoms. The molecule has 0 radical (unpaired) electrons. The molecule has 0 unspecified atom stereocenters. The summed E-state index contributed by atoms with van der Waals surface area (Å²) in [4.78, 5) is 18.9. The first kappa shape index (κ1) is 17.4. The second-order valence-corrected chi connectivity index (χ2v) is 7.05. The predicted molar refractivity (Wildman–Crippen MR) is 93.2 cm³/mol. The second kappa shape index (κ2) is 9.95. The van der Waals surface area contributed by atoms with Gasteiger partial charge in [-0.1, -0.05) is 39.0 Å². The van der Waals surface area contributed by atoms with Crippen LogP contribution in [0.2, 0.25) is 0 Å². The molecule has 0 spiro atoms. The van der Waals surface area contributed by atoms with Crippen LogP contribution in [0.4, 0.5) is 5.13 Å². The summed E-state index contributed by atoms with van der Waals surface area (Å²) in [6.45, 7) is 5.48. The van der Waals surface area contributed by atoms with Crippen LogP contribution in [0.1, 0.15) is 70.4 Å². The molecule has 1 aromatic rings. The molecule has 2 heterocycles. The van der Waals surface area contributed by atoms with Crippen molar-refractivity contribution < 1.29 is 4.79 Å². The summed E-state index contributed by atoms with van der Waals surface area (Å²) >= 11 is 1.54. The van der Waals surface area contributed by atoms with Crippen molar-refractivity contribution >= 4 is 22.4 Å². The number of likely N-dealkylation sites (tertiary alicyclic amines) is 1. The average Bonchev–Trinajstić information content (AvgIpc) is 2.95. The molecular formula is C17H29N3OS. The lowest BCUT2D eigenvalue weighted by molar-refractivity contribution is -0.116. The van der Waals surface area contributed by atoms with E-state index in [2.05, 4.69) is 27.5 Å². The predicted octanol–water partition coefficient (Wildman–Crippen LogP) is 4.43. The van der Waals surface area contributed by atoms with Gasteiger partial charge in [0.15, 0.2) is 5.13 Å². The third kappa shape index (κ3) is 6.44. The highest BCUT2D eigenvalue weighted by molar-refractivity contribution is 7.13. The fourth-order valence-electron chi connectivity index (χ4n) is 2.85. The van der Waals surface area contributed by atoms with Gasteiger partial charge in [0.05, 0.1) is 5.69 Å². The van der Waals surface area contributed by atoms with Gasteiger partial charge >= 0.3 is 0 Å². The van der Waals surface area contributed by atoms with E-state index in [1.807, 2.05) is 0 Å². The van der Waals surface area contributed by atoms with Gasteiger partial charge in [0.2, 0.25) is 5.91 Å². The molecule has 1 N–H and O–H groups in total. The maximum Gasteiger partial charge on any atom is 0.226 e. The molecule has 0 saturated carbocycles. The number of hydrogen-bond acceptors (Lipinski definition) is 4. The number of nitrogens with zero attached hydrogens (tertiary/aromatic N) is 2. The van der Waals surface area contributed by atoms with Crippen molar-refractivity contribution in [3.05, 3.63) is 11.1 Å². The molecule has 1 aromatic heterocycles. The number of unbranched alkanes of at least 4 members (excludes halogenated alkanes) is 4. The van der Waals surface area contributed by atoms with E-state index >= 15 is 0 Å². The lowest BCUT2D eigenvalue weighted by Gasteiger charge is -2.25. The Kier molecular flexibility index (Phi) is 7.88. The topological polar surface area (TPSA) is 45.2 Å². The Hall–Kier alpha value is -0.940. The summed E-state index contributed by atoms with van der Waals surface area (Å²) in [6, 6.07) is 0. The monoisotopic (exact) mass is 323 g/mol. The average molecular weight is 324 g/mol. The third-order valence-electron chi connectivity index (χ3n) is 4.14. The van der Waals surface area contributed by atoms with Crippen molar-refractivity contribution in [2.45, 2.75) is 71.3 Å². The highest BCUT2D eigenvalue weighted by atomic mass is 32.1. The molecule has 1 aliphatic heterocycles. The van der Waals surface area contributed by atoms with E-state index in [9.17, 15) is 4.79 Å². The molecule has 1 aliphatic rings. The van der Waals surface area contributed by atoms with Gasteiger partial charge in [-0.15, -0.1) is 11.3 Å². The Morgan fingerprint density at radius 1 is 1.23 bits per heavy atom. The maximum absolute atomic E-state index is 11.9. The van der Waals surface area contributed by atoms with Crippen molar-refractivity contribution in [2.75, 3.05) is 18.4 Å².